The van der Waals surface area contributed by atoms with Crippen LogP contribution in [0.15, 0.2) is 18.2 Å². The number of hydrogen-bond acceptors (Lipinski definition) is 10. The minimum atomic E-state index is -1.39. The van der Waals surface area contributed by atoms with E-state index in [4.69, 9.17) is 29.4 Å². The number of esters is 1. The minimum absolute atomic E-state index is 0.135. The molecule has 5 unspecified atom stereocenters. The molecule has 3 N–H and O–H groups in total. The van der Waals surface area contributed by atoms with Gasteiger partial charge in [0, 0.05) is 18.3 Å². The van der Waals surface area contributed by atoms with Gasteiger partial charge in [0.15, 0.2) is 11.5 Å². The van der Waals surface area contributed by atoms with Crippen molar-refractivity contribution in [3.8, 4) is 11.5 Å². The minimum Gasteiger partial charge on any atom is -0.480 e. The molecule has 0 radical (unpaired) electrons. The largest absolute Gasteiger partial charge is 0.514 e. The Morgan fingerprint density at radius 2 is 1.38 bits per heavy atom. The highest BCUT2D eigenvalue weighted by molar-refractivity contribution is 5.75. The second-order valence-electron chi connectivity index (χ2n) is 9.98. The van der Waals surface area contributed by atoms with E-state index in [-0.39, 0.29) is 23.9 Å². The number of rotatable bonds is 16. The van der Waals surface area contributed by atoms with Crippen LogP contribution >= 0.6 is 0 Å². The van der Waals surface area contributed by atoms with Gasteiger partial charge in [-0.1, -0.05) is 46.6 Å². The Kier molecular flexibility index (Phi) is 15.1. The molecule has 226 valence electrons. The third-order valence-electron chi connectivity index (χ3n) is 6.76. The number of carbonyl (C=O) groups excluding carboxylic acids is 3. The summed E-state index contributed by atoms with van der Waals surface area (Å²) in [4.78, 5) is 49.0. The fourth-order valence-corrected chi connectivity index (χ4v) is 3.80. The molecule has 11 heteroatoms. The molecule has 1 rings (SSSR count). The molecule has 1 aromatic carbocycles. The van der Waals surface area contributed by atoms with Crippen molar-refractivity contribution in [2.75, 3.05) is 0 Å². The number of nitrogens with two attached hydrogens (primary N) is 1. The molecule has 0 aliphatic rings. The average molecular weight is 568 g/mol. The SMILES string of the molecule is CCCCCC(=O)OC(C)C(C)C(c1ccc(OC(=O)OC(C)CC)c(OC(=O)OC(C)CC)c1)[C@H](N)C(=O)O. The first kappa shape index (κ1) is 34.7. The molecule has 0 spiro atoms. The number of hydrogen-bond donors (Lipinski definition) is 2. The summed E-state index contributed by atoms with van der Waals surface area (Å²) in [6, 6.07) is 2.84. The molecule has 11 nitrogen and oxygen atoms in total. The van der Waals surface area contributed by atoms with Gasteiger partial charge in [0.2, 0.25) is 0 Å². The molecule has 1 aromatic rings. The Balaban J connectivity index is 3.39. The lowest BCUT2D eigenvalue weighted by Crippen LogP contribution is -2.42. The number of ether oxygens (including phenoxy) is 5. The topological polar surface area (TPSA) is 161 Å². The van der Waals surface area contributed by atoms with Gasteiger partial charge < -0.3 is 34.5 Å². The van der Waals surface area contributed by atoms with E-state index in [1.54, 1.807) is 27.7 Å². The summed E-state index contributed by atoms with van der Waals surface area (Å²) < 4.78 is 26.6. The summed E-state index contributed by atoms with van der Waals surface area (Å²) in [5.41, 5.74) is 6.47. The first-order valence-corrected chi connectivity index (χ1v) is 13.9. The van der Waals surface area contributed by atoms with E-state index in [0.29, 0.717) is 24.8 Å². The van der Waals surface area contributed by atoms with Crippen LogP contribution in [0.25, 0.3) is 0 Å². The third-order valence-corrected chi connectivity index (χ3v) is 6.76. The Hall–Kier alpha value is -3.34. The maximum atomic E-state index is 12.4. The first-order chi connectivity index (χ1) is 18.8. The zero-order valence-corrected chi connectivity index (χ0v) is 24.6. The Bertz CT molecular complexity index is 982. The standard InChI is InChI=1S/C29H45NO10/c1-8-11-12-13-24(31)38-20(7)19(6)25(26(30)27(32)33)21-14-15-22(39-28(34)36-17(4)9-2)23(16-21)40-29(35)37-18(5)10-3/h14-20,25-26H,8-13,30H2,1-7H3,(H,32,33)/t17?,18?,19?,20?,25?,26-/m0/s1. The second kappa shape index (κ2) is 17.4. The van der Waals surface area contributed by atoms with Gasteiger partial charge >= 0.3 is 24.2 Å². The summed E-state index contributed by atoms with van der Waals surface area (Å²) in [6.45, 7) is 12.5. The zero-order valence-electron chi connectivity index (χ0n) is 24.6. The van der Waals surface area contributed by atoms with Crippen LogP contribution in [0.3, 0.4) is 0 Å². The van der Waals surface area contributed by atoms with E-state index in [1.807, 2.05) is 20.8 Å². The molecule has 0 bridgehead atoms. The molecular formula is C29H45NO10. The Morgan fingerprint density at radius 1 is 0.825 bits per heavy atom. The van der Waals surface area contributed by atoms with Crippen LogP contribution in [-0.4, -0.2) is 53.7 Å². The zero-order chi connectivity index (χ0) is 30.4. The molecule has 0 saturated carbocycles. The molecular weight excluding hydrogens is 522 g/mol. The monoisotopic (exact) mass is 567 g/mol. The number of carboxylic acid groups (broad SMARTS) is 1. The average Bonchev–Trinajstić information content (AvgIpc) is 2.89. The van der Waals surface area contributed by atoms with Gasteiger partial charge in [0.1, 0.15) is 24.4 Å². The fourth-order valence-electron chi connectivity index (χ4n) is 3.80. The van der Waals surface area contributed by atoms with Crippen LogP contribution in [0.2, 0.25) is 0 Å². The number of carboxylic acids is 1. The lowest BCUT2D eigenvalue weighted by molar-refractivity contribution is -0.151. The van der Waals surface area contributed by atoms with Crippen LogP contribution in [0.5, 0.6) is 11.5 Å². The summed E-state index contributed by atoms with van der Waals surface area (Å²) in [5, 5.41) is 9.77. The smallest absolute Gasteiger partial charge is 0.480 e. The first-order valence-electron chi connectivity index (χ1n) is 13.9. The van der Waals surface area contributed by atoms with Gasteiger partial charge in [-0.15, -0.1) is 0 Å². The second-order valence-corrected chi connectivity index (χ2v) is 9.98. The van der Waals surface area contributed by atoms with Crippen molar-refractivity contribution in [3.05, 3.63) is 23.8 Å². The number of benzene rings is 1. The predicted molar refractivity (Wildman–Crippen MR) is 147 cm³/mol. The Morgan fingerprint density at radius 3 is 1.88 bits per heavy atom. The van der Waals surface area contributed by atoms with E-state index in [2.05, 4.69) is 0 Å². The quantitative estimate of drug-likeness (QED) is 0.105. The van der Waals surface area contributed by atoms with Crippen molar-refractivity contribution in [3.63, 3.8) is 0 Å². The summed E-state index contributed by atoms with van der Waals surface area (Å²) in [7, 11) is 0. The molecule has 0 amide bonds. The molecule has 0 fully saturated rings. The summed E-state index contributed by atoms with van der Waals surface area (Å²) in [5.74, 6) is -3.40. The molecule has 0 heterocycles. The molecule has 6 atom stereocenters. The van der Waals surface area contributed by atoms with Crippen LogP contribution in [0.1, 0.15) is 98.5 Å². The Labute approximate surface area is 236 Å². The van der Waals surface area contributed by atoms with E-state index < -0.39 is 54.5 Å². The van der Waals surface area contributed by atoms with Crippen molar-refractivity contribution in [1.29, 1.82) is 0 Å². The number of carbonyl (C=O) groups is 4. The van der Waals surface area contributed by atoms with Gasteiger partial charge in [-0.25, -0.2) is 9.59 Å². The highest BCUT2D eigenvalue weighted by atomic mass is 16.7. The van der Waals surface area contributed by atoms with Crippen LogP contribution in [0, 0.1) is 5.92 Å². The van der Waals surface area contributed by atoms with Gasteiger partial charge in [0.05, 0.1) is 0 Å². The van der Waals surface area contributed by atoms with Gasteiger partial charge in [-0.05, 0) is 57.7 Å². The van der Waals surface area contributed by atoms with E-state index >= 15 is 0 Å². The fraction of sp³-hybridized carbons (Fsp3) is 0.655. The van der Waals surface area contributed by atoms with Crippen molar-refractivity contribution >= 4 is 24.2 Å². The molecule has 40 heavy (non-hydrogen) atoms. The maximum absolute atomic E-state index is 12.4. The highest BCUT2D eigenvalue weighted by Gasteiger charge is 2.36. The van der Waals surface area contributed by atoms with E-state index in [0.717, 1.165) is 12.8 Å². The van der Waals surface area contributed by atoms with Crippen molar-refractivity contribution in [2.24, 2.45) is 11.7 Å². The predicted octanol–water partition coefficient (Wildman–Crippen LogP) is 5.96. The van der Waals surface area contributed by atoms with E-state index in [1.165, 1.54) is 18.2 Å². The molecule has 0 aromatic heterocycles. The lowest BCUT2D eigenvalue weighted by Gasteiger charge is -2.32. The number of unbranched alkanes of at least 4 members (excludes halogenated alkanes) is 2. The van der Waals surface area contributed by atoms with Crippen LogP contribution < -0.4 is 15.2 Å². The molecule has 0 aliphatic heterocycles. The summed E-state index contributed by atoms with van der Waals surface area (Å²) >= 11 is 0. The molecule has 0 saturated heterocycles. The summed E-state index contributed by atoms with van der Waals surface area (Å²) in [6.07, 6.45) is 0.365. The van der Waals surface area contributed by atoms with Gasteiger partial charge in [0.25, 0.3) is 0 Å². The van der Waals surface area contributed by atoms with E-state index in [9.17, 15) is 24.3 Å². The van der Waals surface area contributed by atoms with Crippen molar-refractivity contribution in [2.45, 2.75) is 117 Å². The maximum Gasteiger partial charge on any atom is 0.514 e. The van der Waals surface area contributed by atoms with Crippen molar-refractivity contribution < 1.29 is 48.0 Å². The number of aliphatic carboxylic acids is 1. The van der Waals surface area contributed by atoms with Gasteiger partial charge in [-0.2, -0.15) is 0 Å². The van der Waals surface area contributed by atoms with Crippen LogP contribution in [-0.2, 0) is 23.8 Å². The third kappa shape index (κ3) is 11.4. The lowest BCUT2D eigenvalue weighted by atomic mass is 9.79. The molecule has 0 aliphatic carbocycles. The van der Waals surface area contributed by atoms with Crippen LogP contribution in [0.4, 0.5) is 9.59 Å². The normalized spacial score (nSPS) is 15.5. The van der Waals surface area contributed by atoms with Crippen molar-refractivity contribution in [1.82, 2.24) is 0 Å². The van der Waals surface area contributed by atoms with Gasteiger partial charge in [-0.3, -0.25) is 9.59 Å². The highest BCUT2D eigenvalue weighted by Crippen LogP contribution is 2.37.